The molecule has 4 nitrogen and oxygen atoms in total. The van der Waals surface area contributed by atoms with E-state index in [9.17, 15) is 4.79 Å². The van der Waals surface area contributed by atoms with E-state index in [1.54, 1.807) is 0 Å². The number of hydrogen-bond acceptors (Lipinski definition) is 2. The van der Waals surface area contributed by atoms with Gasteiger partial charge in [-0.25, -0.2) is 4.98 Å². The molecule has 0 bridgehead atoms. The topological polar surface area (TPSA) is 38.1 Å². The van der Waals surface area contributed by atoms with Crippen LogP contribution in [0.25, 0.3) is 21.8 Å². The molecule has 180 valence electrons. The normalized spacial score (nSPS) is 17.1. The van der Waals surface area contributed by atoms with Crippen molar-refractivity contribution in [1.82, 2.24) is 14.5 Å². The molecule has 2 aliphatic carbocycles. The van der Waals surface area contributed by atoms with Crippen molar-refractivity contribution < 1.29 is 4.79 Å². The van der Waals surface area contributed by atoms with E-state index < -0.39 is 0 Å². The van der Waals surface area contributed by atoms with Crippen molar-refractivity contribution in [2.45, 2.75) is 70.0 Å². The summed E-state index contributed by atoms with van der Waals surface area (Å²) in [7, 11) is 0. The van der Waals surface area contributed by atoms with Crippen LogP contribution in [0.15, 0.2) is 59.1 Å². The fourth-order valence-corrected chi connectivity index (χ4v) is 6.92. The minimum absolute atomic E-state index is 0.0949. The average Bonchev–Trinajstić information content (AvgIpc) is 3.63. The third kappa shape index (κ3) is 4.27. The molecule has 6 heteroatoms. The van der Waals surface area contributed by atoms with Crippen LogP contribution in [0.4, 0.5) is 0 Å². The lowest BCUT2D eigenvalue weighted by Gasteiger charge is -2.30. The second-order valence-electron chi connectivity index (χ2n) is 9.98. The smallest absolute Gasteiger partial charge is 0.255 e. The monoisotopic (exact) mass is 549 g/mol. The van der Waals surface area contributed by atoms with Gasteiger partial charge >= 0.3 is 0 Å². The summed E-state index contributed by atoms with van der Waals surface area (Å²) in [5, 5.41) is 2.79. The Bertz CT molecular complexity index is 1400. The van der Waals surface area contributed by atoms with Gasteiger partial charge in [-0.05, 0) is 61.4 Å². The van der Waals surface area contributed by atoms with Crippen molar-refractivity contribution in [3.8, 4) is 0 Å². The summed E-state index contributed by atoms with van der Waals surface area (Å²) >= 11 is 10.1. The van der Waals surface area contributed by atoms with Crippen LogP contribution in [-0.2, 0) is 6.54 Å². The molecular formula is C29H29BrClN3O. The molecule has 1 aromatic heterocycles. The van der Waals surface area contributed by atoms with Crippen LogP contribution in [0.1, 0.15) is 73.6 Å². The molecule has 6 rings (SSSR count). The van der Waals surface area contributed by atoms with E-state index in [1.807, 2.05) is 42.5 Å². The molecule has 2 aliphatic rings. The Balaban J connectivity index is 1.45. The van der Waals surface area contributed by atoms with Gasteiger partial charge in [0.05, 0.1) is 17.6 Å². The van der Waals surface area contributed by atoms with E-state index in [0.29, 0.717) is 12.6 Å². The summed E-state index contributed by atoms with van der Waals surface area (Å²) in [6.07, 6.45) is 9.21. The third-order valence-electron chi connectivity index (χ3n) is 7.84. The Morgan fingerprint density at radius 1 is 1.00 bits per heavy atom. The van der Waals surface area contributed by atoms with Gasteiger partial charge in [0, 0.05) is 32.5 Å². The van der Waals surface area contributed by atoms with Crippen molar-refractivity contribution in [2.24, 2.45) is 0 Å². The van der Waals surface area contributed by atoms with Crippen molar-refractivity contribution in [1.29, 1.82) is 0 Å². The molecule has 3 aromatic carbocycles. The van der Waals surface area contributed by atoms with Gasteiger partial charge in [0.1, 0.15) is 5.82 Å². The van der Waals surface area contributed by atoms with Crippen LogP contribution >= 0.6 is 27.5 Å². The Kier molecular flexibility index (Phi) is 6.32. The molecule has 1 amide bonds. The number of halogens is 2. The largest absolute Gasteiger partial charge is 0.328 e. The summed E-state index contributed by atoms with van der Waals surface area (Å²) in [6.45, 7) is 0.521. The van der Waals surface area contributed by atoms with Crippen molar-refractivity contribution >= 4 is 55.2 Å². The van der Waals surface area contributed by atoms with Crippen LogP contribution < -0.4 is 0 Å². The molecule has 0 unspecified atom stereocenters. The number of carbonyl (C=O) groups is 1. The van der Waals surface area contributed by atoms with Crippen LogP contribution in [0.3, 0.4) is 0 Å². The van der Waals surface area contributed by atoms with Crippen LogP contribution in [0.2, 0.25) is 5.02 Å². The predicted molar refractivity (Wildman–Crippen MR) is 146 cm³/mol. The number of rotatable bonds is 5. The Labute approximate surface area is 219 Å². The number of hydrogen-bond donors (Lipinski definition) is 0. The van der Waals surface area contributed by atoms with Gasteiger partial charge in [-0.2, -0.15) is 0 Å². The summed E-state index contributed by atoms with van der Waals surface area (Å²) in [4.78, 5) is 21.4. The van der Waals surface area contributed by atoms with Crippen molar-refractivity contribution in [2.75, 3.05) is 0 Å². The van der Waals surface area contributed by atoms with Gasteiger partial charge in [-0.1, -0.05) is 77.5 Å². The number of carbonyl (C=O) groups excluding carboxylic acids is 1. The maximum absolute atomic E-state index is 14.3. The molecule has 0 saturated heterocycles. The molecule has 0 N–H and O–H groups in total. The summed E-state index contributed by atoms with van der Waals surface area (Å²) in [5.74, 6) is 1.08. The van der Waals surface area contributed by atoms with E-state index in [2.05, 4.69) is 37.5 Å². The molecule has 0 radical (unpaired) electrons. The zero-order valence-electron chi connectivity index (χ0n) is 19.7. The van der Waals surface area contributed by atoms with Gasteiger partial charge in [-0.3, -0.25) is 4.79 Å². The van der Waals surface area contributed by atoms with E-state index in [-0.39, 0.29) is 11.9 Å². The lowest BCUT2D eigenvalue weighted by Crippen LogP contribution is -2.39. The van der Waals surface area contributed by atoms with E-state index in [1.165, 1.54) is 25.7 Å². The van der Waals surface area contributed by atoms with Gasteiger partial charge in [-0.15, -0.1) is 0 Å². The second kappa shape index (κ2) is 9.59. The fourth-order valence-electron chi connectivity index (χ4n) is 6.16. The van der Waals surface area contributed by atoms with E-state index in [4.69, 9.17) is 16.6 Å². The lowest BCUT2D eigenvalue weighted by molar-refractivity contribution is 0.0657. The highest BCUT2D eigenvalue weighted by molar-refractivity contribution is 9.10. The van der Waals surface area contributed by atoms with Crippen molar-refractivity contribution in [3.05, 3.63) is 75.5 Å². The molecule has 0 atom stereocenters. The molecule has 35 heavy (non-hydrogen) atoms. The molecule has 1 heterocycles. The number of aromatic nitrogens is 2. The van der Waals surface area contributed by atoms with Crippen molar-refractivity contribution in [3.63, 3.8) is 0 Å². The Morgan fingerprint density at radius 3 is 2.49 bits per heavy atom. The van der Waals surface area contributed by atoms with E-state index in [0.717, 1.165) is 68.4 Å². The molecular weight excluding hydrogens is 522 g/mol. The summed E-state index contributed by atoms with van der Waals surface area (Å²) in [6, 6.07) is 18.7. The first kappa shape index (κ1) is 23.1. The molecule has 4 aromatic rings. The first-order valence-corrected chi connectivity index (χ1v) is 13.9. The van der Waals surface area contributed by atoms with Gasteiger partial charge < -0.3 is 9.47 Å². The van der Waals surface area contributed by atoms with Gasteiger partial charge in [0.2, 0.25) is 0 Å². The molecule has 0 spiro atoms. The highest BCUT2D eigenvalue weighted by Gasteiger charge is 2.31. The first-order chi connectivity index (χ1) is 17.1. The molecule has 0 aliphatic heterocycles. The average molecular weight is 551 g/mol. The number of imidazole rings is 1. The Hall–Kier alpha value is -2.37. The third-order valence-corrected chi connectivity index (χ3v) is 8.73. The Morgan fingerprint density at radius 2 is 1.71 bits per heavy atom. The molecule has 2 saturated carbocycles. The number of fused-ring (bicyclic) bond motifs is 2. The lowest BCUT2D eigenvalue weighted by atomic mass is 10.0. The number of amides is 1. The van der Waals surface area contributed by atoms with Gasteiger partial charge in [0.25, 0.3) is 5.91 Å². The number of benzene rings is 3. The standard InChI is InChI=1S/C29H29BrClN3O/c30-24-14-6-8-19-7-5-13-23(28(19)24)29(35)33(21-9-1-2-10-21)18-27-32-25-16-15-20(31)17-26(25)34(27)22-11-3-4-12-22/h5-8,13-17,21-22H,1-4,9-12,18H2. The minimum Gasteiger partial charge on any atom is -0.328 e. The van der Waals surface area contributed by atoms with Gasteiger partial charge in [0.15, 0.2) is 0 Å². The summed E-state index contributed by atoms with van der Waals surface area (Å²) < 4.78 is 3.35. The fraction of sp³-hybridized carbons (Fsp3) is 0.379. The second-order valence-corrected chi connectivity index (χ2v) is 11.3. The SMILES string of the molecule is O=C(c1cccc2cccc(Br)c12)N(Cc1nc2ccc(Cl)cc2n1C1CCCC1)C1CCCC1. The predicted octanol–water partition coefficient (Wildman–Crippen LogP) is 8.31. The first-order valence-electron chi connectivity index (χ1n) is 12.7. The quantitative estimate of drug-likeness (QED) is 0.251. The number of nitrogens with zero attached hydrogens (tertiary/aromatic N) is 3. The summed E-state index contributed by atoms with van der Waals surface area (Å²) in [5.41, 5.74) is 2.81. The van der Waals surface area contributed by atoms with Crippen LogP contribution in [0, 0.1) is 0 Å². The maximum Gasteiger partial charge on any atom is 0.255 e. The zero-order valence-corrected chi connectivity index (χ0v) is 22.1. The highest BCUT2D eigenvalue weighted by atomic mass is 79.9. The zero-order chi connectivity index (χ0) is 23.9. The molecule has 2 fully saturated rings. The highest BCUT2D eigenvalue weighted by Crippen LogP contribution is 2.36. The van der Waals surface area contributed by atoms with Crippen LogP contribution in [-0.4, -0.2) is 26.4 Å². The van der Waals surface area contributed by atoms with Crippen LogP contribution in [0.5, 0.6) is 0 Å². The van der Waals surface area contributed by atoms with E-state index >= 15 is 0 Å². The minimum atomic E-state index is 0.0949. The maximum atomic E-state index is 14.3.